The molecule has 0 saturated heterocycles. The Morgan fingerprint density at radius 2 is 1.51 bits per heavy atom. The van der Waals surface area contributed by atoms with Crippen molar-refractivity contribution in [3.8, 4) is 22.4 Å². The molecule has 0 aliphatic rings. The number of aromatic amines is 1. The first-order chi connectivity index (χ1) is 17.2. The highest BCUT2D eigenvalue weighted by Gasteiger charge is 2.17. The summed E-state index contributed by atoms with van der Waals surface area (Å²) in [6.45, 7) is 0.623. The first-order valence-electron chi connectivity index (χ1n) is 11.4. The molecule has 172 valence electrons. The van der Waals surface area contributed by atoms with Crippen molar-refractivity contribution in [2.75, 3.05) is 0 Å². The molecule has 0 radical (unpaired) electrons. The minimum Gasteiger partial charge on any atom is -0.366 e. The lowest BCUT2D eigenvalue weighted by molar-refractivity contribution is 0.908. The number of hydrogen-bond acceptors (Lipinski definition) is 3. The van der Waals surface area contributed by atoms with Gasteiger partial charge in [0.25, 0.3) is 0 Å². The number of nitrogens with one attached hydrogen (secondary N) is 3. The molecule has 5 nitrogen and oxygen atoms in total. The Labute approximate surface area is 209 Å². The van der Waals surface area contributed by atoms with Gasteiger partial charge in [-0.15, -0.1) is 0 Å². The van der Waals surface area contributed by atoms with Gasteiger partial charge < -0.3 is 5.32 Å². The van der Waals surface area contributed by atoms with E-state index in [9.17, 15) is 0 Å². The Kier molecular flexibility index (Phi) is 6.68. The van der Waals surface area contributed by atoms with Gasteiger partial charge in [-0.05, 0) is 41.0 Å². The molecule has 3 aromatic carbocycles. The Morgan fingerprint density at radius 1 is 0.800 bits per heavy atom. The van der Waals surface area contributed by atoms with E-state index in [1.165, 1.54) is 0 Å². The van der Waals surface area contributed by atoms with Crippen LogP contribution >= 0.6 is 11.6 Å². The van der Waals surface area contributed by atoms with Crippen LogP contribution in [0.5, 0.6) is 0 Å². The molecule has 0 unspecified atom stereocenters. The van der Waals surface area contributed by atoms with E-state index in [4.69, 9.17) is 17.0 Å². The zero-order valence-electron chi connectivity index (χ0n) is 19.0. The SMILES string of the molecule is N=C(NCc1ccccc1)c1ccc(Cc2[nH]nc(-c3ccc(Cl)cc3)c2-c2ccncc2)cc1. The standard InChI is InChI=1S/C29H24ClN5/c30-25-12-10-23(11-13-25)28-27(22-14-16-32-17-15-22)26(34-35-28)18-20-6-8-24(9-7-20)29(31)33-19-21-4-2-1-3-5-21/h1-17H,18-19H2,(H2,31,33)(H,34,35). The summed E-state index contributed by atoms with van der Waals surface area (Å²) >= 11 is 6.10. The molecule has 2 heterocycles. The summed E-state index contributed by atoms with van der Waals surface area (Å²) in [5.41, 5.74) is 8.13. The molecule has 0 fully saturated rings. The van der Waals surface area contributed by atoms with Crippen LogP contribution in [0.15, 0.2) is 103 Å². The second-order valence-electron chi connectivity index (χ2n) is 8.26. The van der Waals surface area contributed by atoms with Gasteiger partial charge in [0.1, 0.15) is 11.5 Å². The maximum absolute atomic E-state index is 8.39. The van der Waals surface area contributed by atoms with Gasteiger partial charge in [-0.1, -0.05) is 78.3 Å². The molecule has 2 aromatic heterocycles. The third kappa shape index (κ3) is 5.31. The van der Waals surface area contributed by atoms with Crippen LogP contribution in [0, 0.1) is 5.41 Å². The van der Waals surface area contributed by atoms with Crippen LogP contribution < -0.4 is 5.32 Å². The molecular formula is C29H24ClN5. The summed E-state index contributed by atoms with van der Waals surface area (Å²) in [4.78, 5) is 4.17. The predicted octanol–water partition coefficient (Wildman–Crippen LogP) is 6.50. The first kappa shape index (κ1) is 22.6. The second-order valence-corrected chi connectivity index (χ2v) is 8.69. The van der Waals surface area contributed by atoms with Crippen molar-refractivity contribution in [1.29, 1.82) is 5.41 Å². The highest BCUT2D eigenvalue weighted by Crippen LogP contribution is 2.34. The zero-order chi connectivity index (χ0) is 24.0. The van der Waals surface area contributed by atoms with Gasteiger partial charge in [-0.25, -0.2) is 0 Å². The average molecular weight is 478 g/mol. The molecule has 5 rings (SSSR count). The maximum atomic E-state index is 8.39. The molecule has 0 saturated carbocycles. The fraction of sp³-hybridized carbons (Fsp3) is 0.0690. The van der Waals surface area contributed by atoms with E-state index >= 15 is 0 Å². The molecule has 35 heavy (non-hydrogen) atoms. The number of pyridine rings is 1. The topological polar surface area (TPSA) is 77.5 Å². The predicted molar refractivity (Wildman–Crippen MR) is 142 cm³/mol. The normalized spacial score (nSPS) is 10.8. The average Bonchev–Trinajstić information content (AvgIpc) is 3.32. The van der Waals surface area contributed by atoms with Crippen LogP contribution in [0.2, 0.25) is 5.02 Å². The van der Waals surface area contributed by atoms with Crippen molar-refractivity contribution in [1.82, 2.24) is 20.5 Å². The molecule has 0 amide bonds. The monoisotopic (exact) mass is 477 g/mol. The minimum atomic E-state index is 0.407. The third-order valence-corrected chi connectivity index (χ3v) is 6.12. The van der Waals surface area contributed by atoms with Crippen LogP contribution in [-0.2, 0) is 13.0 Å². The van der Waals surface area contributed by atoms with Gasteiger partial charge in [0.2, 0.25) is 0 Å². The molecule has 0 aliphatic carbocycles. The molecule has 6 heteroatoms. The van der Waals surface area contributed by atoms with Gasteiger partial charge in [0, 0.05) is 52.8 Å². The minimum absolute atomic E-state index is 0.407. The van der Waals surface area contributed by atoms with E-state index in [1.807, 2.05) is 78.9 Å². The number of hydrogen-bond donors (Lipinski definition) is 3. The van der Waals surface area contributed by atoms with Crippen LogP contribution in [0.4, 0.5) is 0 Å². The number of aromatic nitrogens is 3. The lowest BCUT2D eigenvalue weighted by atomic mass is 9.96. The molecule has 0 bridgehead atoms. The van der Waals surface area contributed by atoms with E-state index in [-0.39, 0.29) is 0 Å². The van der Waals surface area contributed by atoms with Crippen LogP contribution in [0.25, 0.3) is 22.4 Å². The van der Waals surface area contributed by atoms with Gasteiger partial charge in [-0.2, -0.15) is 5.10 Å². The van der Waals surface area contributed by atoms with E-state index < -0.39 is 0 Å². The molecule has 0 atom stereocenters. The summed E-state index contributed by atoms with van der Waals surface area (Å²) in [6.07, 6.45) is 4.27. The molecule has 5 aromatic rings. The number of nitrogens with zero attached hydrogens (tertiary/aromatic N) is 2. The summed E-state index contributed by atoms with van der Waals surface area (Å²) in [5.74, 6) is 0.407. The highest BCUT2D eigenvalue weighted by molar-refractivity contribution is 6.30. The summed E-state index contributed by atoms with van der Waals surface area (Å²) in [5, 5.41) is 20.2. The Hall–Kier alpha value is -4.22. The van der Waals surface area contributed by atoms with Crippen LogP contribution in [-0.4, -0.2) is 21.0 Å². The third-order valence-electron chi connectivity index (χ3n) is 5.86. The molecule has 3 N–H and O–H groups in total. The summed E-state index contributed by atoms with van der Waals surface area (Å²) in [6, 6.07) is 29.9. The number of rotatable bonds is 7. The van der Waals surface area contributed by atoms with E-state index in [1.54, 1.807) is 12.4 Å². The Balaban J connectivity index is 1.37. The van der Waals surface area contributed by atoms with Crippen LogP contribution in [0.1, 0.15) is 22.4 Å². The summed E-state index contributed by atoms with van der Waals surface area (Å²) < 4.78 is 0. The van der Waals surface area contributed by atoms with E-state index in [0.717, 1.165) is 44.8 Å². The molecular weight excluding hydrogens is 454 g/mol. The Bertz CT molecular complexity index is 1410. The number of halogens is 1. The summed E-state index contributed by atoms with van der Waals surface area (Å²) in [7, 11) is 0. The number of benzene rings is 3. The first-order valence-corrected chi connectivity index (χ1v) is 11.7. The molecule has 0 aliphatic heterocycles. The fourth-order valence-electron chi connectivity index (χ4n) is 4.03. The van der Waals surface area contributed by atoms with Crippen molar-refractivity contribution in [3.05, 3.63) is 131 Å². The van der Waals surface area contributed by atoms with Crippen molar-refractivity contribution < 1.29 is 0 Å². The maximum Gasteiger partial charge on any atom is 0.125 e. The van der Waals surface area contributed by atoms with E-state index in [2.05, 4.69) is 32.6 Å². The highest BCUT2D eigenvalue weighted by atomic mass is 35.5. The van der Waals surface area contributed by atoms with Gasteiger partial charge in [-0.3, -0.25) is 15.5 Å². The second kappa shape index (κ2) is 10.4. The fourth-order valence-corrected chi connectivity index (χ4v) is 4.16. The van der Waals surface area contributed by atoms with Crippen molar-refractivity contribution in [3.63, 3.8) is 0 Å². The van der Waals surface area contributed by atoms with Crippen molar-refractivity contribution >= 4 is 17.4 Å². The number of H-pyrrole nitrogens is 1. The smallest absolute Gasteiger partial charge is 0.125 e. The quantitative estimate of drug-likeness (QED) is 0.185. The Morgan fingerprint density at radius 3 is 2.23 bits per heavy atom. The van der Waals surface area contributed by atoms with Gasteiger partial charge >= 0.3 is 0 Å². The number of amidine groups is 1. The van der Waals surface area contributed by atoms with Gasteiger partial charge in [0.15, 0.2) is 0 Å². The van der Waals surface area contributed by atoms with Crippen molar-refractivity contribution in [2.45, 2.75) is 13.0 Å². The zero-order valence-corrected chi connectivity index (χ0v) is 19.8. The van der Waals surface area contributed by atoms with Crippen molar-refractivity contribution in [2.24, 2.45) is 0 Å². The van der Waals surface area contributed by atoms with Gasteiger partial charge in [0.05, 0.1) is 0 Å². The largest absolute Gasteiger partial charge is 0.366 e. The lowest BCUT2D eigenvalue weighted by Gasteiger charge is -2.10. The lowest BCUT2D eigenvalue weighted by Crippen LogP contribution is -2.22. The molecule has 0 spiro atoms. The van der Waals surface area contributed by atoms with Crippen LogP contribution in [0.3, 0.4) is 0 Å². The van der Waals surface area contributed by atoms with E-state index in [0.29, 0.717) is 23.8 Å².